The zero-order valence-electron chi connectivity index (χ0n) is 4.70. The zero-order valence-corrected chi connectivity index (χ0v) is 7.67. The second kappa shape index (κ2) is 5.62. The summed E-state index contributed by atoms with van der Waals surface area (Å²) in [6, 6.07) is 0. The molecular formula is C5H11Zn-. The quantitative estimate of drug-likeness (QED) is 0.381. The SMILES string of the molecule is [CH2-]CC(C)C.[Zn]. The standard InChI is InChI=1S/C5H11.Zn/c1-4-5(2)3;/h5H,1,4H2,2-3H3;/q-1;. The van der Waals surface area contributed by atoms with E-state index in [-0.39, 0.29) is 19.5 Å². The molecule has 0 atom stereocenters. The normalized spacial score (nSPS) is 8.00. The molecule has 0 saturated carbocycles. The number of hydrogen-bond donors (Lipinski definition) is 0. The first kappa shape index (κ1) is 9.80. The van der Waals surface area contributed by atoms with Crippen LogP contribution in [0.5, 0.6) is 0 Å². The van der Waals surface area contributed by atoms with Crippen molar-refractivity contribution in [2.24, 2.45) is 5.92 Å². The van der Waals surface area contributed by atoms with E-state index in [0.29, 0.717) is 0 Å². The molecule has 0 aliphatic heterocycles. The van der Waals surface area contributed by atoms with Crippen molar-refractivity contribution in [2.45, 2.75) is 20.3 Å². The van der Waals surface area contributed by atoms with E-state index in [2.05, 4.69) is 20.8 Å². The molecule has 0 fully saturated rings. The molecule has 0 aromatic carbocycles. The van der Waals surface area contributed by atoms with Gasteiger partial charge in [-0.1, -0.05) is 19.8 Å². The smallest absolute Gasteiger partial charge is 0 e. The van der Waals surface area contributed by atoms with Gasteiger partial charge in [0.15, 0.2) is 0 Å². The monoisotopic (exact) mass is 135 g/mol. The molecule has 0 aromatic heterocycles. The van der Waals surface area contributed by atoms with Gasteiger partial charge in [-0.2, -0.15) is 6.42 Å². The van der Waals surface area contributed by atoms with Gasteiger partial charge in [0.1, 0.15) is 0 Å². The average molecular weight is 137 g/mol. The second-order valence-electron chi connectivity index (χ2n) is 1.68. The first-order valence-corrected chi connectivity index (χ1v) is 2.06. The molecule has 0 spiro atoms. The maximum atomic E-state index is 3.69. The largest absolute Gasteiger partial charge is 0.343 e. The topological polar surface area (TPSA) is 0 Å². The Hall–Kier alpha value is 0.623. The molecule has 0 aliphatic rings. The van der Waals surface area contributed by atoms with E-state index in [0.717, 1.165) is 12.3 Å². The third-order valence-electron chi connectivity index (χ3n) is 0.577. The fraction of sp³-hybridized carbons (Fsp3) is 0.800. The molecule has 0 aliphatic carbocycles. The zero-order chi connectivity index (χ0) is 4.28. The van der Waals surface area contributed by atoms with Crippen molar-refractivity contribution in [3.8, 4) is 0 Å². The number of rotatable bonds is 1. The summed E-state index contributed by atoms with van der Waals surface area (Å²) in [5, 5.41) is 0. The molecule has 6 heavy (non-hydrogen) atoms. The Morgan fingerprint density at radius 2 is 1.67 bits per heavy atom. The van der Waals surface area contributed by atoms with Crippen LogP contribution >= 0.6 is 0 Å². The number of hydrogen-bond acceptors (Lipinski definition) is 0. The third-order valence-corrected chi connectivity index (χ3v) is 0.577. The Balaban J connectivity index is 0. The summed E-state index contributed by atoms with van der Waals surface area (Å²) in [5.41, 5.74) is 0. The molecule has 0 saturated heterocycles. The second-order valence-corrected chi connectivity index (χ2v) is 1.68. The summed E-state index contributed by atoms with van der Waals surface area (Å²) in [5.74, 6) is 0.773. The van der Waals surface area contributed by atoms with Gasteiger partial charge in [0.25, 0.3) is 0 Å². The molecule has 0 radical (unpaired) electrons. The van der Waals surface area contributed by atoms with Crippen LogP contribution in [0.2, 0.25) is 0 Å². The maximum absolute atomic E-state index is 3.69. The third kappa shape index (κ3) is 8.82. The van der Waals surface area contributed by atoms with Gasteiger partial charge < -0.3 is 6.92 Å². The molecule has 0 amide bonds. The first-order chi connectivity index (χ1) is 2.27. The van der Waals surface area contributed by atoms with Crippen LogP contribution in [0.4, 0.5) is 0 Å². The molecule has 0 rings (SSSR count). The summed E-state index contributed by atoms with van der Waals surface area (Å²) in [6.07, 6.45) is 1.06. The van der Waals surface area contributed by atoms with Crippen molar-refractivity contribution < 1.29 is 19.5 Å². The molecular weight excluding hydrogens is 125 g/mol. The Bertz CT molecular complexity index is 17.9. The summed E-state index contributed by atoms with van der Waals surface area (Å²) in [4.78, 5) is 0. The van der Waals surface area contributed by atoms with Crippen molar-refractivity contribution in [2.75, 3.05) is 0 Å². The average Bonchev–Trinajstić information content (AvgIpc) is 1.38. The Kier molecular flexibility index (Phi) is 9.18. The maximum Gasteiger partial charge on any atom is 0 e. The summed E-state index contributed by atoms with van der Waals surface area (Å²) >= 11 is 0. The Labute approximate surface area is 53.1 Å². The first-order valence-electron chi connectivity index (χ1n) is 2.06. The molecule has 0 unspecified atom stereocenters. The molecule has 0 N–H and O–H groups in total. The van der Waals surface area contributed by atoms with Crippen LogP contribution in [-0.4, -0.2) is 0 Å². The van der Waals surface area contributed by atoms with E-state index in [1.165, 1.54) is 0 Å². The molecule has 0 aromatic rings. The summed E-state index contributed by atoms with van der Waals surface area (Å²) in [7, 11) is 0. The van der Waals surface area contributed by atoms with Crippen molar-refractivity contribution in [3.63, 3.8) is 0 Å². The predicted octanol–water partition coefficient (Wildman–Crippen LogP) is 1.86. The molecule has 34 valence electrons. The Morgan fingerprint density at radius 3 is 1.67 bits per heavy atom. The van der Waals surface area contributed by atoms with Crippen molar-refractivity contribution in [3.05, 3.63) is 6.92 Å². The van der Waals surface area contributed by atoms with Crippen LogP contribution in [0.1, 0.15) is 20.3 Å². The minimum Gasteiger partial charge on any atom is -0.343 e. The van der Waals surface area contributed by atoms with Crippen LogP contribution in [0, 0.1) is 12.8 Å². The predicted molar refractivity (Wildman–Crippen MR) is 24.8 cm³/mol. The van der Waals surface area contributed by atoms with Crippen LogP contribution in [0.15, 0.2) is 0 Å². The van der Waals surface area contributed by atoms with Gasteiger partial charge in [-0.3, -0.25) is 0 Å². The van der Waals surface area contributed by atoms with Gasteiger partial charge in [-0.15, -0.1) is 0 Å². The van der Waals surface area contributed by atoms with Gasteiger partial charge in [0.05, 0.1) is 0 Å². The summed E-state index contributed by atoms with van der Waals surface area (Å²) in [6.45, 7) is 8.00. The van der Waals surface area contributed by atoms with Crippen molar-refractivity contribution in [1.29, 1.82) is 0 Å². The summed E-state index contributed by atoms with van der Waals surface area (Å²) < 4.78 is 0. The minimum atomic E-state index is 0. The minimum absolute atomic E-state index is 0. The van der Waals surface area contributed by atoms with Gasteiger partial charge >= 0.3 is 0 Å². The van der Waals surface area contributed by atoms with E-state index < -0.39 is 0 Å². The van der Waals surface area contributed by atoms with Crippen LogP contribution in [-0.2, 0) is 19.5 Å². The fourth-order valence-electron chi connectivity index (χ4n) is 0. The van der Waals surface area contributed by atoms with Crippen LogP contribution in [0.3, 0.4) is 0 Å². The fourth-order valence-corrected chi connectivity index (χ4v) is 0. The van der Waals surface area contributed by atoms with E-state index in [1.54, 1.807) is 0 Å². The van der Waals surface area contributed by atoms with Crippen molar-refractivity contribution in [1.82, 2.24) is 0 Å². The van der Waals surface area contributed by atoms with Crippen molar-refractivity contribution >= 4 is 0 Å². The van der Waals surface area contributed by atoms with E-state index >= 15 is 0 Å². The van der Waals surface area contributed by atoms with Crippen LogP contribution in [0.25, 0.3) is 0 Å². The molecule has 0 nitrogen and oxygen atoms in total. The van der Waals surface area contributed by atoms with Gasteiger partial charge in [0, 0.05) is 19.5 Å². The van der Waals surface area contributed by atoms with Gasteiger partial charge in [0.2, 0.25) is 0 Å². The van der Waals surface area contributed by atoms with E-state index in [4.69, 9.17) is 0 Å². The van der Waals surface area contributed by atoms with Gasteiger partial charge in [-0.05, 0) is 0 Å². The van der Waals surface area contributed by atoms with E-state index in [1.807, 2.05) is 0 Å². The van der Waals surface area contributed by atoms with Gasteiger partial charge in [-0.25, -0.2) is 0 Å². The molecule has 0 heterocycles. The molecule has 1 heteroatoms. The van der Waals surface area contributed by atoms with Crippen LogP contribution < -0.4 is 0 Å². The van der Waals surface area contributed by atoms with E-state index in [9.17, 15) is 0 Å². The molecule has 0 bridgehead atoms. The Morgan fingerprint density at radius 1 is 1.50 bits per heavy atom.